The lowest BCUT2D eigenvalue weighted by molar-refractivity contribution is 0.694. The van der Waals surface area contributed by atoms with Gasteiger partial charge >= 0.3 is 0 Å². The van der Waals surface area contributed by atoms with Gasteiger partial charge in [-0.05, 0) is 50.3 Å². The molecule has 1 heteroatoms. The molecule has 2 rings (SSSR count). The molecule has 70 valence electrons. The topological polar surface area (TPSA) is 12.0 Å². The van der Waals surface area contributed by atoms with E-state index in [2.05, 4.69) is 43.4 Å². The molecule has 0 radical (unpaired) electrons. The molecule has 1 fully saturated rings. The second-order valence-electron chi connectivity index (χ2n) is 4.14. The zero-order chi connectivity index (χ0) is 9.26. The third kappa shape index (κ3) is 2.24. The number of hydrogen-bond acceptors (Lipinski definition) is 1. The Morgan fingerprint density at radius 1 is 1.38 bits per heavy atom. The number of hydrogen-bond donors (Lipinski definition) is 1. The molecular weight excluding hydrogens is 158 g/mol. The first-order valence-electron chi connectivity index (χ1n) is 5.09. The van der Waals surface area contributed by atoms with Crippen molar-refractivity contribution in [3.63, 3.8) is 0 Å². The van der Waals surface area contributed by atoms with Crippen LogP contribution in [0.4, 0.5) is 5.69 Å². The van der Waals surface area contributed by atoms with Crippen LogP contribution in [0, 0.1) is 12.8 Å². The summed E-state index contributed by atoms with van der Waals surface area (Å²) in [6.45, 7) is 4.41. The molecule has 0 saturated heterocycles. The molecule has 0 heterocycles. The van der Waals surface area contributed by atoms with Crippen molar-refractivity contribution in [2.24, 2.45) is 5.92 Å². The summed E-state index contributed by atoms with van der Waals surface area (Å²) < 4.78 is 0. The third-order valence-electron chi connectivity index (χ3n) is 2.74. The molecular formula is C12H17N. The van der Waals surface area contributed by atoms with Crippen LogP contribution in [0.2, 0.25) is 0 Å². The Kier molecular flexibility index (Phi) is 2.26. The quantitative estimate of drug-likeness (QED) is 0.743. The maximum absolute atomic E-state index is 3.54. The van der Waals surface area contributed by atoms with Gasteiger partial charge in [0.2, 0.25) is 0 Å². The van der Waals surface area contributed by atoms with Crippen molar-refractivity contribution in [2.45, 2.75) is 32.7 Å². The number of aryl methyl sites for hydroxylation is 1. The molecule has 1 aromatic carbocycles. The van der Waals surface area contributed by atoms with E-state index < -0.39 is 0 Å². The summed E-state index contributed by atoms with van der Waals surface area (Å²) in [4.78, 5) is 0. The lowest BCUT2D eigenvalue weighted by Gasteiger charge is -2.14. The van der Waals surface area contributed by atoms with E-state index >= 15 is 0 Å². The van der Waals surface area contributed by atoms with Crippen molar-refractivity contribution in [1.82, 2.24) is 0 Å². The van der Waals surface area contributed by atoms with Crippen LogP contribution in [-0.4, -0.2) is 6.04 Å². The van der Waals surface area contributed by atoms with Gasteiger partial charge in [-0.3, -0.25) is 0 Å². The minimum absolute atomic E-state index is 0.641. The second kappa shape index (κ2) is 3.41. The van der Waals surface area contributed by atoms with E-state index in [0.717, 1.165) is 5.92 Å². The van der Waals surface area contributed by atoms with Crippen molar-refractivity contribution in [2.75, 3.05) is 5.32 Å². The smallest absolute Gasteiger partial charge is 0.0344 e. The maximum atomic E-state index is 3.54. The highest BCUT2D eigenvalue weighted by molar-refractivity contribution is 5.46. The normalized spacial score (nSPS) is 18.3. The lowest BCUT2D eigenvalue weighted by atomic mass is 10.2. The Labute approximate surface area is 80.2 Å². The van der Waals surface area contributed by atoms with Crippen molar-refractivity contribution in [3.8, 4) is 0 Å². The van der Waals surface area contributed by atoms with E-state index in [1.807, 2.05) is 0 Å². The first-order valence-corrected chi connectivity index (χ1v) is 5.09. The third-order valence-corrected chi connectivity index (χ3v) is 2.74. The van der Waals surface area contributed by atoms with Crippen LogP contribution in [0.5, 0.6) is 0 Å². The van der Waals surface area contributed by atoms with E-state index in [1.165, 1.54) is 24.1 Å². The van der Waals surface area contributed by atoms with Crippen molar-refractivity contribution in [1.29, 1.82) is 0 Å². The van der Waals surface area contributed by atoms with Crippen LogP contribution in [-0.2, 0) is 0 Å². The molecule has 0 amide bonds. The average Bonchev–Trinajstić information content (AvgIpc) is 2.85. The fraction of sp³-hybridized carbons (Fsp3) is 0.500. The van der Waals surface area contributed by atoms with E-state index in [1.54, 1.807) is 0 Å². The molecule has 1 unspecified atom stereocenters. The summed E-state index contributed by atoms with van der Waals surface area (Å²) in [6.07, 6.45) is 2.81. The van der Waals surface area contributed by atoms with Crippen molar-refractivity contribution < 1.29 is 0 Å². The molecule has 1 nitrogen and oxygen atoms in total. The minimum Gasteiger partial charge on any atom is -0.382 e. The van der Waals surface area contributed by atoms with Gasteiger partial charge in [0.15, 0.2) is 0 Å². The Hall–Kier alpha value is -0.980. The van der Waals surface area contributed by atoms with Gasteiger partial charge in [0.1, 0.15) is 0 Å². The van der Waals surface area contributed by atoms with Gasteiger partial charge in [-0.25, -0.2) is 0 Å². The highest BCUT2D eigenvalue weighted by Crippen LogP contribution is 2.33. The first-order chi connectivity index (χ1) is 6.25. The Balaban J connectivity index is 2.00. The number of benzene rings is 1. The Bertz CT molecular complexity index is 289. The Morgan fingerprint density at radius 3 is 2.77 bits per heavy atom. The molecule has 1 aliphatic carbocycles. The fourth-order valence-corrected chi connectivity index (χ4v) is 1.71. The fourth-order valence-electron chi connectivity index (χ4n) is 1.71. The largest absolute Gasteiger partial charge is 0.382 e. The summed E-state index contributed by atoms with van der Waals surface area (Å²) in [5.74, 6) is 0.917. The zero-order valence-electron chi connectivity index (χ0n) is 8.38. The van der Waals surface area contributed by atoms with Gasteiger partial charge in [-0.1, -0.05) is 12.1 Å². The van der Waals surface area contributed by atoms with E-state index in [0.29, 0.717) is 6.04 Å². The molecule has 1 aromatic rings. The van der Waals surface area contributed by atoms with Gasteiger partial charge in [0.25, 0.3) is 0 Å². The highest BCUT2D eigenvalue weighted by atomic mass is 14.9. The standard InChI is InChI=1S/C12H17N/c1-9-4-3-5-12(8-9)13-10(2)11-6-7-11/h3-5,8,10-11,13H,6-7H2,1-2H3. The SMILES string of the molecule is Cc1cccc(NC(C)C2CC2)c1. The lowest BCUT2D eigenvalue weighted by Crippen LogP contribution is -2.17. The van der Waals surface area contributed by atoms with Crippen LogP contribution in [0.3, 0.4) is 0 Å². The number of nitrogens with one attached hydrogen (secondary N) is 1. The van der Waals surface area contributed by atoms with E-state index in [-0.39, 0.29) is 0 Å². The first kappa shape index (κ1) is 8.61. The molecule has 1 N–H and O–H groups in total. The molecule has 0 spiro atoms. The summed E-state index contributed by atoms with van der Waals surface area (Å²) in [6, 6.07) is 9.23. The van der Waals surface area contributed by atoms with Crippen molar-refractivity contribution in [3.05, 3.63) is 29.8 Å². The monoisotopic (exact) mass is 175 g/mol. The molecule has 0 aliphatic heterocycles. The van der Waals surface area contributed by atoms with Crippen molar-refractivity contribution >= 4 is 5.69 Å². The van der Waals surface area contributed by atoms with Gasteiger partial charge in [0.05, 0.1) is 0 Å². The van der Waals surface area contributed by atoms with Crippen LogP contribution < -0.4 is 5.32 Å². The van der Waals surface area contributed by atoms with Gasteiger partial charge in [0, 0.05) is 11.7 Å². The predicted octanol–water partition coefficient (Wildman–Crippen LogP) is 3.21. The van der Waals surface area contributed by atoms with Gasteiger partial charge < -0.3 is 5.32 Å². The average molecular weight is 175 g/mol. The summed E-state index contributed by atoms with van der Waals surface area (Å²) in [5.41, 5.74) is 2.59. The minimum atomic E-state index is 0.641. The molecule has 1 saturated carbocycles. The van der Waals surface area contributed by atoms with Gasteiger partial charge in [-0.15, -0.1) is 0 Å². The van der Waals surface area contributed by atoms with Crippen LogP contribution in [0.15, 0.2) is 24.3 Å². The molecule has 13 heavy (non-hydrogen) atoms. The number of rotatable bonds is 3. The summed E-state index contributed by atoms with van der Waals surface area (Å²) in [5, 5.41) is 3.54. The second-order valence-corrected chi connectivity index (χ2v) is 4.14. The molecule has 1 aliphatic rings. The number of anilines is 1. The van der Waals surface area contributed by atoms with E-state index in [9.17, 15) is 0 Å². The molecule has 1 atom stereocenters. The summed E-state index contributed by atoms with van der Waals surface area (Å²) in [7, 11) is 0. The maximum Gasteiger partial charge on any atom is 0.0344 e. The Morgan fingerprint density at radius 2 is 2.15 bits per heavy atom. The molecule has 0 bridgehead atoms. The summed E-state index contributed by atoms with van der Waals surface area (Å²) >= 11 is 0. The molecule has 0 aromatic heterocycles. The zero-order valence-corrected chi connectivity index (χ0v) is 8.38. The van der Waals surface area contributed by atoms with Crippen LogP contribution in [0.25, 0.3) is 0 Å². The highest BCUT2D eigenvalue weighted by Gasteiger charge is 2.27. The predicted molar refractivity (Wildman–Crippen MR) is 57.0 cm³/mol. The van der Waals surface area contributed by atoms with Crippen LogP contribution in [0.1, 0.15) is 25.3 Å². The van der Waals surface area contributed by atoms with Gasteiger partial charge in [-0.2, -0.15) is 0 Å². The van der Waals surface area contributed by atoms with E-state index in [4.69, 9.17) is 0 Å². The van der Waals surface area contributed by atoms with Crippen LogP contribution >= 0.6 is 0 Å².